The van der Waals surface area contributed by atoms with Crippen LogP contribution in [0.2, 0.25) is 0 Å². The van der Waals surface area contributed by atoms with Gasteiger partial charge in [-0.15, -0.1) is 0 Å². The molecule has 17 heavy (non-hydrogen) atoms. The molecule has 2 aromatic carbocycles. The molecular weight excluding hydrogens is 210 g/mol. The van der Waals surface area contributed by atoms with Crippen molar-refractivity contribution in [1.29, 1.82) is 0 Å². The Hall–Kier alpha value is -1.96. The van der Waals surface area contributed by atoms with Gasteiger partial charge in [0.1, 0.15) is 5.75 Å². The van der Waals surface area contributed by atoms with Crippen LogP contribution in [0.25, 0.3) is 0 Å². The highest BCUT2D eigenvalue weighted by Crippen LogP contribution is 2.18. The number of aromatic hydroxyl groups is 1. The first-order valence-corrected chi connectivity index (χ1v) is 5.89. The van der Waals surface area contributed by atoms with E-state index in [1.807, 2.05) is 30.3 Å². The fraction of sp³-hybridized carbons (Fsp3) is 0.200. The Kier molecular flexibility index (Phi) is 3.66. The topological polar surface area (TPSA) is 32.3 Å². The van der Waals surface area contributed by atoms with Gasteiger partial charge in [0, 0.05) is 17.8 Å². The molecular formula is C15H17NO. The van der Waals surface area contributed by atoms with Crippen molar-refractivity contribution >= 4 is 5.69 Å². The number of rotatable bonds is 4. The Labute approximate surface area is 102 Å². The van der Waals surface area contributed by atoms with E-state index in [0.717, 1.165) is 17.7 Å². The first-order chi connectivity index (χ1) is 8.29. The molecule has 0 aromatic heterocycles. The van der Waals surface area contributed by atoms with Crippen molar-refractivity contribution < 1.29 is 5.11 Å². The summed E-state index contributed by atoms with van der Waals surface area (Å²) in [5.74, 6) is 0.339. The molecule has 88 valence electrons. The Morgan fingerprint density at radius 3 is 2.65 bits per heavy atom. The molecule has 0 fully saturated rings. The van der Waals surface area contributed by atoms with Crippen molar-refractivity contribution in [3.05, 3.63) is 59.7 Å². The zero-order valence-corrected chi connectivity index (χ0v) is 9.98. The van der Waals surface area contributed by atoms with E-state index in [9.17, 15) is 5.11 Å². The maximum Gasteiger partial charge on any atom is 0.120 e. The molecule has 0 heterocycles. The summed E-state index contributed by atoms with van der Waals surface area (Å²) < 4.78 is 0. The third-order valence-corrected chi connectivity index (χ3v) is 2.81. The van der Waals surface area contributed by atoms with E-state index in [2.05, 4.69) is 24.4 Å². The largest absolute Gasteiger partial charge is 0.508 e. The Balaban J connectivity index is 2.05. The Bertz CT molecular complexity index is 494. The lowest BCUT2D eigenvalue weighted by Gasteiger charge is -2.09. The van der Waals surface area contributed by atoms with E-state index < -0.39 is 0 Å². The number of anilines is 1. The zero-order chi connectivity index (χ0) is 12.1. The van der Waals surface area contributed by atoms with Crippen LogP contribution in [0.15, 0.2) is 48.5 Å². The van der Waals surface area contributed by atoms with E-state index in [1.165, 1.54) is 5.56 Å². The monoisotopic (exact) mass is 227 g/mol. The molecule has 0 radical (unpaired) electrons. The highest BCUT2D eigenvalue weighted by atomic mass is 16.3. The summed E-state index contributed by atoms with van der Waals surface area (Å²) in [6.45, 7) is 2.78. The standard InChI is InChI=1S/C15H17NO/c1-2-12-6-5-8-14(10-12)16-11-13-7-3-4-9-15(13)17/h3-10,16-17H,2,11H2,1H3. The molecule has 0 aliphatic heterocycles. The number of aryl methyl sites for hydroxylation is 1. The van der Waals surface area contributed by atoms with Crippen LogP contribution in [0.3, 0.4) is 0 Å². The van der Waals surface area contributed by atoms with Crippen molar-refractivity contribution in [3.63, 3.8) is 0 Å². The second kappa shape index (κ2) is 5.39. The van der Waals surface area contributed by atoms with E-state index in [1.54, 1.807) is 6.07 Å². The zero-order valence-electron chi connectivity index (χ0n) is 9.98. The molecule has 2 aromatic rings. The normalized spacial score (nSPS) is 10.2. The lowest BCUT2D eigenvalue weighted by molar-refractivity contribution is 0.469. The lowest BCUT2D eigenvalue weighted by Crippen LogP contribution is -1.99. The second-order valence-electron chi connectivity index (χ2n) is 4.04. The number of nitrogens with one attached hydrogen (secondary N) is 1. The average Bonchev–Trinajstić information content (AvgIpc) is 2.38. The van der Waals surface area contributed by atoms with Crippen molar-refractivity contribution in [2.75, 3.05) is 5.32 Å². The van der Waals surface area contributed by atoms with Crippen LogP contribution in [-0.2, 0) is 13.0 Å². The van der Waals surface area contributed by atoms with Crippen molar-refractivity contribution in [2.24, 2.45) is 0 Å². The molecule has 2 rings (SSSR count). The minimum atomic E-state index is 0.339. The van der Waals surface area contributed by atoms with E-state index in [-0.39, 0.29) is 0 Å². The van der Waals surface area contributed by atoms with Gasteiger partial charge in [0.15, 0.2) is 0 Å². The predicted octanol–water partition coefficient (Wildman–Crippen LogP) is 3.57. The van der Waals surface area contributed by atoms with Gasteiger partial charge in [-0.3, -0.25) is 0 Å². The second-order valence-corrected chi connectivity index (χ2v) is 4.04. The van der Waals surface area contributed by atoms with Crippen LogP contribution >= 0.6 is 0 Å². The maximum absolute atomic E-state index is 9.65. The minimum Gasteiger partial charge on any atom is -0.508 e. The van der Waals surface area contributed by atoms with Crippen LogP contribution in [0.4, 0.5) is 5.69 Å². The fourth-order valence-electron chi connectivity index (χ4n) is 1.76. The van der Waals surface area contributed by atoms with Crippen LogP contribution in [0.5, 0.6) is 5.75 Å². The predicted molar refractivity (Wildman–Crippen MR) is 71.3 cm³/mol. The number of phenolic OH excluding ortho intramolecular Hbond substituents is 1. The number of hydrogen-bond donors (Lipinski definition) is 2. The van der Waals surface area contributed by atoms with E-state index >= 15 is 0 Å². The molecule has 2 N–H and O–H groups in total. The summed E-state index contributed by atoms with van der Waals surface area (Å²) in [5, 5.41) is 13.0. The van der Waals surface area contributed by atoms with Gasteiger partial charge >= 0.3 is 0 Å². The van der Waals surface area contributed by atoms with Gasteiger partial charge in [0.25, 0.3) is 0 Å². The molecule has 0 atom stereocenters. The van der Waals surface area contributed by atoms with Crippen molar-refractivity contribution in [2.45, 2.75) is 19.9 Å². The quantitative estimate of drug-likeness (QED) is 0.837. The number of para-hydroxylation sites is 1. The van der Waals surface area contributed by atoms with Crippen LogP contribution in [-0.4, -0.2) is 5.11 Å². The fourth-order valence-corrected chi connectivity index (χ4v) is 1.76. The van der Waals surface area contributed by atoms with Gasteiger partial charge in [0.2, 0.25) is 0 Å². The molecule has 0 unspecified atom stereocenters. The van der Waals surface area contributed by atoms with Gasteiger partial charge in [-0.2, -0.15) is 0 Å². The molecule has 2 heteroatoms. The molecule has 0 amide bonds. The molecule has 0 aliphatic carbocycles. The van der Waals surface area contributed by atoms with Gasteiger partial charge < -0.3 is 10.4 Å². The van der Waals surface area contributed by atoms with Gasteiger partial charge in [-0.05, 0) is 30.2 Å². The number of hydrogen-bond acceptors (Lipinski definition) is 2. The molecule has 0 spiro atoms. The number of benzene rings is 2. The summed E-state index contributed by atoms with van der Waals surface area (Å²) in [4.78, 5) is 0. The molecule has 0 bridgehead atoms. The van der Waals surface area contributed by atoms with E-state index in [4.69, 9.17) is 0 Å². The summed E-state index contributed by atoms with van der Waals surface area (Å²) in [6, 6.07) is 15.7. The summed E-state index contributed by atoms with van der Waals surface area (Å²) in [7, 11) is 0. The average molecular weight is 227 g/mol. The first-order valence-electron chi connectivity index (χ1n) is 5.89. The van der Waals surface area contributed by atoms with Gasteiger partial charge in [-0.25, -0.2) is 0 Å². The Morgan fingerprint density at radius 1 is 1.06 bits per heavy atom. The molecule has 0 saturated heterocycles. The van der Waals surface area contributed by atoms with E-state index in [0.29, 0.717) is 12.3 Å². The van der Waals surface area contributed by atoms with Crippen LogP contribution in [0.1, 0.15) is 18.1 Å². The van der Waals surface area contributed by atoms with Crippen molar-refractivity contribution in [3.8, 4) is 5.75 Å². The minimum absolute atomic E-state index is 0.339. The maximum atomic E-state index is 9.65. The lowest BCUT2D eigenvalue weighted by atomic mass is 10.1. The molecule has 2 nitrogen and oxygen atoms in total. The molecule has 0 saturated carbocycles. The van der Waals surface area contributed by atoms with Gasteiger partial charge in [0.05, 0.1) is 0 Å². The van der Waals surface area contributed by atoms with Crippen LogP contribution in [0, 0.1) is 0 Å². The van der Waals surface area contributed by atoms with Crippen molar-refractivity contribution in [1.82, 2.24) is 0 Å². The highest BCUT2D eigenvalue weighted by molar-refractivity contribution is 5.47. The smallest absolute Gasteiger partial charge is 0.120 e. The third kappa shape index (κ3) is 3.00. The summed E-state index contributed by atoms with van der Waals surface area (Å²) in [5.41, 5.74) is 3.31. The summed E-state index contributed by atoms with van der Waals surface area (Å²) in [6.07, 6.45) is 1.03. The summed E-state index contributed by atoms with van der Waals surface area (Å²) >= 11 is 0. The SMILES string of the molecule is CCc1cccc(NCc2ccccc2O)c1. The molecule has 0 aliphatic rings. The van der Waals surface area contributed by atoms with Gasteiger partial charge in [-0.1, -0.05) is 37.3 Å². The third-order valence-electron chi connectivity index (χ3n) is 2.81. The Morgan fingerprint density at radius 2 is 1.88 bits per heavy atom. The van der Waals surface area contributed by atoms with Crippen LogP contribution < -0.4 is 5.32 Å². The first kappa shape index (κ1) is 11.5. The number of phenols is 1. The highest BCUT2D eigenvalue weighted by Gasteiger charge is 1.99.